The number of hydrogen-bond donors (Lipinski definition) is 0. The summed E-state index contributed by atoms with van der Waals surface area (Å²) < 4.78 is 12.8. The molecule has 1 heterocycles. The van der Waals surface area contributed by atoms with E-state index in [4.69, 9.17) is 9.47 Å². The van der Waals surface area contributed by atoms with E-state index >= 15 is 0 Å². The van der Waals surface area contributed by atoms with Gasteiger partial charge in [0.05, 0.1) is 36.9 Å². The van der Waals surface area contributed by atoms with Crippen LogP contribution < -0.4 is 10.3 Å². The van der Waals surface area contributed by atoms with Gasteiger partial charge < -0.3 is 9.47 Å². The number of fused-ring (bicyclic) bond motifs is 1. The third-order valence-electron chi connectivity index (χ3n) is 4.03. The summed E-state index contributed by atoms with van der Waals surface area (Å²) in [6, 6.07) is 12.9. The fraction of sp³-hybridized carbons (Fsp3) is 0.250. The number of rotatable bonds is 7. The Hall–Kier alpha value is -2.32. The molecule has 0 spiro atoms. The van der Waals surface area contributed by atoms with E-state index in [1.807, 2.05) is 30.3 Å². The number of hydrogen-bond acceptors (Lipinski definition) is 6. The van der Waals surface area contributed by atoms with E-state index in [0.29, 0.717) is 28.4 Å². The molecule has 2 aromatic carbocycles. The van der Waals surface area contributed by atoms with E-state index in [9.17, 15) is 9.59 Å². The Morgan fingerprint density at radius 1 is 1.25 bits per heavy atom. The molecule has 0 bridgehead atoms. The number of thioether (sulfide) groups is 1. The van der Waals surface area contributed by atoms with Gasteiger partial charge in [-0.15, -0.1) is 0 Å². The summed E-state index contributed by atoms with van der Waals surface area (Å²) in [5, 5.41) is 0.962. The molecule has 3 rings (SSSR count). The number of nitrogens with zero attached hydrogens (tertiary/aromatic N) is 2. The van der Waals surface area contributed by atoms with Crippen molar-refractivity contribution in [3.05, 3.63) is 62.9 Å². The molecule has 0 aliphatic rings. The Bertz CT molecular complexity index is 1070. The largest absolute Gasteiger partial charge is 0.496 e. The molecule has 0 radical (unpaired) electrons. The van der Waals surface area contributed by atoms with Gasteiger partial charge in [-0.1, -0.05) is 45.9 Å². The Kier molecular flexibility index (Phi) is 6.74. The average Bonchev–Trinajstić information content (AvgIpc) is 2.70. The van der Waals surface area contributed by atoms with Crippen LogP contribution in [0.2, 0.25) is 0 Å². The van der Waals surface area contributed by atoms with E-state index < -0.39 is 0 Å². The minimum absolute atomic E-state index is 0.0776. The maximum absolute atomic E-state index is 13.2. The van der Waals surface area contributed by atoms with Crippen LogP contribution in [0.25, 0.3) is 10.9 Å². The molecule has 28 heavy (non-hydrogen) atoms. The number of carbonyl (C=O) groups is 1. The van der Waals surface area contributed by atoms with Gasteiger partial charge in [0.2, 0.25) is 0 Å². The van der Waals surface area contributed by atoms with E-state index in [2.05, 4.69) is 20.9 Å². The summed E-state index contributed by atoms with van der Waals surface area (Å²) in [6.45, 7) is 2.35. The van der Waals surface area contributed by atoms with Gasteiger partial charge in [0.1, 0.15) is 5.75 Å². The van der Waals surface area contributed by atoms with Gasteiger partial charge in [0.15, 0.2) is 5.16 Å². The van der Waals surface area contributed by atoms with Crippen molar-refractivity contribution in [1.82, 2.24) is 9.55 Å². The highest BCUT2D eigenvalue weighted by Crippen LogP contribution is 2.24. The number of carbonyl (C=O) groups excluding carboxylic acids is 1. The lowest BCUT2D eigenvalue weighted by molar-refractivity contribution is -0.139. The fourth-order valence-electron chi connectivity index (χ4n) is 2.75. The highest BCUT2D eigenvalue weighted by Gasteiger charge is 2.16. The maximum Gasteiger partial charge on any atom is 0.316 e. The van der Waals surface area contributed by atoms with Crippen LogP contribution in [-0.4, -0.2) is 35.0 Å². The Labute approximate surface area is 175 Å². The first-order valence-electron chi connectivity index (χ1n) is 8.64. The zero-order valence-electron chi connectivity index (χ0n) is 15.5. The van der Waals surface area contributed by atoms with Crippen LogP contribution in [0.4, 0.5) is 0 Å². The predicted molar refractivity (Wildman–Crippen MR) is 113 cm³/mol. The number of aromatic nitrogens is 2. The van der Waals surface area contributed by atoms with Gasteiger partial charge >= 0.3 is 5.97 Å². The number of para-hydroxylation sites is 1. The van der Waals surface area contributed by atoms with Gasteiger partial charge in [-0.3, -0.25) is 14.2 Å². The van der Waals surface area contributed by atoms with E-state index in [-0.39, 0.29) is 23.8 Å². The molecule has 6 nitrogen and oxygen atoms in total. The van der Waals surface area contributed by atoms with Crippen molar-refractivity contribution in [2.45, 2.75) is 18.6 Å². The van der Waals surface area contributed by atoms with Crippen molar-refractivity contribution in [1.29, 1.82) is 0 Å². The second-order valence-electron chi connectivity index (χ2n) is 5.85. The lowest BCUT2D eigenvalue weighted by Gasteiger charge is -2.15. The van der Waals surface area contributed by atoms with Gasteiger partial charge in [0.25, 0.3) is 5.56 Å². The van der Waals surface area contributed by atoms with Gasteiger partial charge in [-0.2, -0.15) is 0 Å². The lowest BCUT2D eigenvalue weighted by Crippen LogP contribution is -2.24. The second kappa shape index (κ2) is 9.25. The van der Waals surface area contributed by atoms with E-state index in [0.717, 1.165) is 10.0 Å². The van der Waals surface area contributed by atoms with Crippen molar-refractivity contribution < 1.29 is 14.3 Å². The molecule has 0 saturated carbocycles. The monoisotopic (exact) mass is 462 g/mol. The highest BCUT2D eigenvalue weighted by molar-refractivity contribution is 9.10. The van der Waals surface area contributed by atoms with Crippen molar-refractivity contribution >= 4 is 44.6 Å². The zero-order chi connectivity index (χ0) is 20.1. The summed E-state index contributed by atoms with van der Waals surface area (Å²) in [6.07, 6.45) is 0. The minimum atomic E-state index is -0.346. The van der Waals surface area contributed by atoms with Crippen LogP contribution in [0.5, 0.6) is 5.75 Å². The van der Waals surface area contributed by atoms with Gasteiger partial charge in [-0.25, -0.2) is 4.98 Å². The van der Waals surface area contributed by atoms with Gasteiger partial charge in [-0.05, 0) is 31.2 Å². The summed E-state index contributed by atoms with van der Waals surface area (Å²) in [7, 11) is 1.59. The molecule has 0 saturated heterocycles. The summed E-state index contributed by atoms with van der Waals surface area (Å²) in [4.78, 5) is 29.6. The predicted octanol–water partition coefficient (Wildman–Crippen LogP) is 3.87. The van der Waals surface area contributed by atoms with E-state index in [1.165, 1.54) is 11.8 Å². The SMILES string of the molecule is CCOC(=O)CSc1nc2ccc(Br)cc2c(=O)n1Cc1ccccc1OC. The summed E-state index contributed by atoms with van der Waals surface area (Å²) in [5.74, 6) is 0.417. The number of methoxy groups -OCH3 is 1. The first kappa shape index (κ1) is 20.4. The molecule has 8 heteroatoms. The molecule has 0 aliphatic heterocycles. The summed E-state index contributed by atoms with van der Waals surface area (Å²) >= 11 is 4.59. The Morgan fingerprint density at radius 3 is 2.79 bits per heavy atom. The highest BCUT2D eigenvalue weighted by atomic mass is 79.9. The van der Waals surface area contributed by atoms with Crippen LogP contribution in [0.1, 0.15) is 12.5 Å². The zero-order valence-corrected chi connectivity index (χ0v) is 17.9. The molecular weight excluding hydrogens is 444 g/mol. The number of halogens is 1. The third-order valence-corrected chi connectivity index (χ3v) is 5.47. The third kappa shape index (κ3) is 4.56. The molecule has 1 aromatic heterocycles. The van der Waals surface area contributed by atoms with E-state index in [1.54, 1.807) is 30.7 Å². The number of esters is 1. The molecule has 0 fully saturated rings. The van der Waals surface area contributed by atoms with Crippen LogP contribution in [-0.2, 0) is 16.1 Å². The molecule has 146 valence electrons. The maximum atomic E-state index is 13.2. The first-order valence-corrected chi connectivity index (χ1v) is 10.4. The van der Waals surface area contributed by atoms with Crippen LogP contribution in [0, 0.1) is 0 Å². The molecule has 0 N–H and O–H groups in total. The first-order chi connectivity index (χ1) is 13.5. The average molecular weight is 463 g/mol. The fourth-order valence-corrected chi connectivity index (χ4v) is 3.91. The molecule has 0 amide bonds. The smallest absolute Gasteiger partial charge is 0.316 e. The number of benzene rings is 2. The van der Waals surface area contributed by atoms with Crippen molar-refractivity contribution in [3.63, 3.8) is 0 Å². The quantitative estimate of drug-likeness (QED) is 0.301. The number of ether oxygens (including phenoxy) is 2. The van der Waals surface area contributed by atoms with Crippen molar-refractivity contribution in [2.24, 2.45) is 0 Å². The molecule has 0 aliphatic carbocycles. The standard InChI is InChI=1S/C20H19BrN2O4S/c1-3-27-18(24)12-28-20-22-16-9-8-14(21)10-15(16)19(25)23(20)11-13-6-4-5-7-17(13)26-2/h4-10H,3,11-12H2,1-2H3. The Morgan fingerprint density at radius 2 is 2.04 bits per heavy atom. The summed E-state index contributed by atoms with van der Waals surface area (Å²) in [5.41, 5.74) is 1.25. The van der Waals surface area contributed by atoms with Crippen molar-refractivity contribution in [3.8, 4) is 5.75 Å². The molecule has 0 atom stereocenters. The normalized spacial score (nSPS) is 10.8. The minimum Gasteiger partial charge on any atom is -0.496 e. The van der Waals surface area contributed by atoms with Crippen LogP contribution in [0.3, 0.4) is 0 Å². The van der Waals surface area contributed by atoms with Crippen LogP contribution in [0.15, 0.2) is 56.9 Å². The molecule has 0 unspecified atom stereocenters. The topological polar surface area (TPSA) is 70.4 Å². The Balaban J connectivity index is 2.08. The van der Waals surface area contributed by atoms with Crippen molar-refractivity contribution in [2.75, 3.05) is 19.5 Å². The molecular formula is C20H19BrN2O4S. The van der Waals surface area contributed by atoms with Gasteiger partial charge in [0, 0.05) is 10.0 Å². The second-order valence-corrected chi connectivity index (χ2v) is 7.71. The van der Waals surface area contributed by atoms with Crippen LogP contribution >= 0.6 is 27.7 Å². The molecule has 3 aromatic rings. The lowest BCUT2D eigenvalue weighted by atomic mass is 10.2.